The molecule has 2 aromatic rings. The predicted molar refractivity (Wildman–Crippen MR) is 125 cm³/mol. The third-order valence-corrected chi connectivity index (χ3v) is 5.54. The number of benzene rings is 1. The number of Topliss-reactive ketones (excluding diaryl/α,β-unsaturated/α-hetero) is 1. The average Bonchev–Trinajstić information content (AvgIpc) is 3.08. The summed E-state index contributed by atoms with van der Waals surface area (Å²) in [5, 5.41) is 11.0. The lowest BCUT2D eigenvalue weighted by Gasteiger charge is -2.27. The summed E-state index contributed by atoms with van der Waals surface area (Å²) in [4.78, 5) is 33.4. The van der Waals surface area contributed by atoms with Crippen LogP contribution in [0.4, 0.5) is 0 Å². The van der Waals surface area contributed by atoms with E-state index >= 15 is 0 Å². The summed E-state index contributed by atoms with van der Waals surface area (Å²) < 4.78 is 11.4. The highest BCUT2D eigenvalue weighted by Gasteiger charge is 2.46. The number of hydrogen-bond acceptors (Lipinski definition) is 7. The molecule has 1 N–H and O–H groups in total. The molecular weight excluding hydrogens is 422 g/mol. The number of carbonyl (C=O) groups excluding carboxylic acids is 2. The Balaban J connectivity index is 2.09. The molecule has 1 amide bonds. The van der Waals surface area contributed by atoms with Gasteiger partial charge >= 0.3 is 0 Å². The van der Waals surface area contributed by atoms with Crippen molar-refractivity contribution in [2.45, 2.75) is 25.8 Å². The van der Waals surface area contributed by atoms with Gasteiger partial charge in [-0.05, 0) is 50.3 Å². The number of likely N-dealkylation sites (N-methyl/N-ethyl adjacent to an activating group) is 1. The van der Waals surface area contributed by atoms with Crippen LogP contribution in [0.3, 0.4) is 0 Å². The summed E-state index contributed by atoms with van der Waals surface area (Å²) in [6.07, 6.45) is 4.98. The van der Waals surface area contributed by atoms with Crippen molar-refractivity contribution in [1.82, 2.24) is 14.8 Å². The summed E-state index contributed by atoms with van der Waals surface area (Å²) in [6.45, 7) is 3.54. The van der Waals surface area contributed by atoms with Gasteiger partial charge in [-0.25, -0.2) is 0 Å². The van der Waals surface area contributed by atoms with Crippen LogP contribution in [0.1, 0.15) is 36.9 Å². The fourth-order valence-corrected chi connectivity index (χ4v) is 3.73. The van der Waals surface area contributed by atoms with Gasteiger partial charge in [0.1, 0.15) is 5.76 Å². The molecule has 0 radical (unpaired) electrons. The van der Waals surface area contributed by atoms with Gasteiger partial charge in [-0.15, -0.1) is 0 Å². The lowest BCUT2D eigenvalue weighted by atomic mass is 9.95. The highest BCUT2D eigenvalue weighted by molar-refractivity contribution is 6.46. The first-order chi connectivity index (χ1) is 15.9. The number of unbranched alkanes of at least 4 members (excludes halogenated alkanes) is 1. The van der Waals surface area contributed by atoms with E-state index in [1.54, 1.807) is 31.4 Å². The maximum absolute atomic E-state index is 13.1. The molecule has 1 aliphatic heterocycles. The Morgan fingerprint density at radius 2 is 1.88 bits per heavy atom. The van der Waals surface area contributed by atoms with E-state index in [1.165, 1.54) is 17.3 Å². The number of aromatic nitrogens is 1. The molecule has 1 unspecified atom stereocenters. The Labute approximate surface area is 194 Å². The fourth-order valence-electron chi connectivity index (χ4n) is 3.73. The topological polar surface area (TPSA) is 92.2 Å². The first kappa shape index (κ1) is 24.3. The lowest BCUT2D eigenvalue weighted by molar-refractivity contribution is -0.140. The van der Waals surface area contributed by atoms with Crippen molar-refractivity contribution in [3.8, 4) is 11.5 Å². The van der Waals surface area contributed by atoms with Gasteiger partial charge in [-0.2, -0.15) is 0 Å². The normalized spacial score (nSPS) is 17.6. The fraction of sp³-hybridized carbons (Fsp3) is 0.400. The van der Waals surface area contributed by atoms with E-state index in [0.717, 1.165) is 12.8 Å². The monoisotopic (exact) mass is 453 g/mol. The molecule has 33 heavy (non-hydrogen) atoms. The second kappa shape index (κ2) is 11.0. The lowest BCUT2D eigenvalue weighted by Crippen LogP contribution is -2.35. The van der Waals surface area contributed by atoms with E-state index in [-0.39, 0.29) is 11.3 Å². The number of ketones is 1. The van der Waals surface area contributed by atoms with E-state index in [1.807, 2.05) is 25.1 Å². The van der Waals surface area contributed by atoms with Crippen molar-refractivity contribution in [2.24, 2.45) is 0 Å². The van der Waals surface area contributed by atoms with E-state index in [2.05, 4.69) is 11.9 Å². The Morgan fingerprint density at radius 3 is 2.52 bits per heavy atom. The maximum Gasteiger partial charge on any atom is 0.295 e. The number of amides is 1. The number of nitrogens with zero attached hydrogens (tertiary/aromatic N) is 3. The summed E-state index contributed by atoms with van der Waals surface area (Å²) in [6, 6.07) is 7.80. The standard InChI is InChI=1S/C25H31N3O5/c1-5-6-15-33-19-8-7-18(16-20(19)32-4)22-21(23(29)17-9-11-26-12-10-17)24(30)25(31)28(22)14-13-27(2)3/h7-12,16,22,29H,5-6,13-15H2,1-4H3/b23-21+. The third kappa shape index (κ3) is 5.34. The van der Waals surface area contributed by atoms with Crippen molar-refractivity contribution in [2.75, 3.05) is 40.9 Å². The van der Waals surface area contributed by atoms with Gasteiger partial charge in [-0.1, -0.05) is 19.4 Å². The SMILES string of the molecule is CCCCOc1ccc(C2/C(=C(\O)c3ccncc3)C(=O)C(=O)N2CCN(C)C)cc1OC. The summed E-state index contributed by atoms with van der Waals surface area (Å²) in [5.41, 5.74) is 1.13. The van der Waals surface area contributed by atoms with Crippen LogP contribution in [-0.4, -0.2) is 72.5 Å². The zero-order valence-corrected chi connectivity index (χ0v) is 19.6. The number of aliphatic hydroxyl groups excluding tert-OH is 1. The number of ether oxygens (including phenoxy) is 2. The Bertz CT molecular complexity index is 1020. The zero-order valence-electron chi connectivity index (χ0n) is 19.6. The molecule has 1 aromatic heterocycles. The minimum absolute atomic E-state index is 0.0478. The second-order valence-electron chi connectivity index (χ2n) is 8.14. The van der Waals surface area contributed by atoms with Gasteiger partial charge in [0.15, 0.2) is 11.5 Å². The number of carbonyl (C=O) groups is 2. The number of hydrogen-bond donors (Lipinski definition) is 1. The Hall–Kier alpha value is -3.39. The predicted octanol–water partition coefficient (Wildman–Crippen LogP) is 3.25. The first-order valence-corrected chi connectivity index (χ1v) is 11.0. The zero-order chi connectivity index (χ0) is 24.0. The molecule has 1 aliphatic rings. The van der Waals surface area contributed by atoms with Crippen LogP contribution in [0, 0.1) is 0 Å². The minimum atomic E-state index is -0.753. The van der Waals surface area contributed by atoms with E-state index in [0.29, 0.717) is 42.3 Å². The van der Waals surface area contributed by atoms with Gasteiger partial charge in [0.05, 0.1) is 25.3 Å². The largest absolute Gasteiger partial charge is 0.507 e. The molecule has 1 fully saturated rings. The van der Waals surface area contributed by atoms with Gasteiger partial charge in [-0.3, -0.25) is 14.6 Å². The third-order valence-electron chi connectivity index (χ3n) is 5.54. The molecule has 3 rings (SSSR count). The van der Waals surface area contributed by atoms with Crippen molar-refractivity contribution in [1.29, 1.82) is 0 Å². The molecule has 2 heterocycles. The number of rotatable bonds is 10. The number of aliphatic hydroxyl groups is 1. The van der Waals surface area contributed by atoms with Crippen molar-refractivity contribution >= 4 is 17.4 Å². The minimum Gasteiger partial charge on any atom is -0.507 e. The highest BCUT2D eigenvalue weighted by Crippen LogP contribution is 2.41. The number of likely N-dealkylation sites (tertiary alicyclic amines) is 1. The molecule has 1 atom stereocenters. The van der Waals surface area contributed by atoms with Gasteiger partial charge in [0, 0.05) is 31.0 Å². The van der Waals surface area contributed by atoms with Crippen molar-refractivity contribution in [3.05, 3.63) is 59.4 Å². The molecular formula is C25H31N3O5. The first-order valence-electron chi connectivity index (χ1n) is 11.0. The van der Waals surface area contributed by atoms with E-state index in [4.69, 9.17) is 9.47 Å². The molecule has 1 saturated heterocycles. The average molecular weight is 454 g/mol. The number of methoxy groups -OCH3 is 1. The van der Waals surface area contributed by atoms with Gasteiger partial charge in [0.2, 0.25) is 0 Å². The van der Waals surface area contributed by atoms with Crippen LogP contribution in [0.5, 0.6) is 11.5 Å². The second-order valence-corrected chi connectivity index (χ2v) is 8.14. The molecule has 8 nitrogen and oxygen atoms in total. The molecule has 0 bridgehead atoms. The number of pyridine rings is 1. The van der Waals surface area contributed by atoms with Gasteiger partial charge < -0.3 is 24.4 Å². The smallest absolute Gasteiger partial charge is 0.295 e. The molecule has 8 heteroatoms. The maximum atomic E-state index is 13.1. The molecule has 0 spiro atoms. The van der Waals surface area contributed by atoms with Crippen LogP contribution in [0.15, 0.2) is 48.3 Å². The van der Waals surface area contributed by atoms with Gasteiger partial charge in [0.25, 0.3) is 11.7 Å². The van der Waals surface area contributed by atoms with Crippen LogP contribution >= 0.6 is 0 Å². The quantitative estimate of drug-likeness (QED) is 0.255. The Kier molecular flexibility index (Phi) is 8.06. The van der Waals surface area contributed by atoms with Crippen molar-refractivity contribution < 1.29 is 24.2 Å². The summed E-state index contributed by atoms with van der Waals surface area (Å²) in [7, 11) is 5.34. The van der Waals surface area contributed by atoms with Crippen molar-refractivity contribution in [3.63, 3.8) is 0 Å². The molecule has 0 aliphatic carbocycles. The van der Waals surface area contributed by atoms with Crippen LogP contribution in [0.2, 0.25) is 0 Å². The summed E-state index contributed by atoms with van der Waals surface area (Å²) in [5.74, 6) is -0.481. The van der Waals surface area contributed by atoms with E-state index < -0.39 is 17.7 Å². The van der Waals surface area contributed by atoms with Crippen LogP contribution in [0.25, 0.3) is 5.76 Å². The molecule has 176 valence electrons. The Morgan fingerprint density at radius 1 is 1.15 bits per heavy atom. The highest BCUT2D eigenvalue weighted by atomic mass is 16.5. The molecule has 1 aromatic carbocycles. The van der Waals surface area contributed by atoms with Crippen LogP contribution in [-0.2, 0) is 9.59 Å². The molecule has 0 saturated carbocycles. The summed E-state index contributed by atoms with van der Waals surface area (Å²) >= 11 is 0. The van der Waals surface area contributed by atoms with Crippen LogP contribution < -0.4 is 9.47 Å². The van der Waals surface area contributed by atoms with E-state index in [9.17, 15) is 14.7 Å².